The van der Waals surface area contributed by atoms with Gasteiger partial charge in [0.15, 0.2) is 5.78 Å². The summed E-state index contributed by atoms with van der Waals surface area (Å²) in [7, 11) is 0. The fraction of sp³-hybridized carbons (Fsp3) is 0.750. The molecule has 1 N–H and O–H groups in total. The van der Waals surface area contributed by atoms with Crippen molar-refractivity contribution in [1.29, 1.82) is 0 Å². The van der Waals surface area contributed by atoms with E-state index in [1.807, 2.05) is 13.0 Å². The van der Waals surface area contributed by atoms with Crippen molar-refractivity contribution >= 4 is 5.78 Å². The Bertz CT molecular complexity index is 556. The highest BCUT2D eigenvalue weighted by Crippen LogP contribution is 2.62. The molecular formula is C20H30O2. The lowest BCUT2D eigenvalue weighted by molar-refractivity contribution is -0.127. The van der Waals surface area contributed by atoms with Gasteiger partial charge in [-0.3, -0.25) is 4.79 Å². The zero-order valence-electron chi connectivity index (χ0n) is 14.5. The maximum absolute atomic E-state index is 13.0. The Labute approximate surface area is 134 Å². The summed E-state index contributed by atoms with van der Waals surface area (Å²) in [5, 5.41) is 10.9. The Morgan fingerprint density at radius 3 is 2.50 bits per heavy atom. The monoisotopic (exact) mass is 302 g/mol. The van der Waals surface area contributed by atoms with E-state index in [2.05, 4.69) is 27.4 Å². The predicted octanol–water partition coefficient (Wildman–Crippen LogP) is 4.44. The van der Waals surface area contributed by atoms with Crippen molar-refractivity contribution in [2.45, 2.75) is 72.3 Å². The summed E-state index contributed by atoms with van der Waals surface area (Å²) in [4.78, 5) is 13.0. The van der Waals surface area contributed by atoms with Crippen LogP contribution in [-0.2, 0) is 4.79 Å². The van der Waals surface area contributed by atoms with Crippen LogP contribution in [0.5, 0.6) is 0 Å². The second-order valence-corrected chi connectivity index (χ2v) is 8.92. The van der Waals surface area contributed by atoms with E-state index in [9.17, 15) is 9.90 Å². The molecule has 3 rings (SSSR count). The third kappa shape index (κ3) is 1.99. The number of rotatable bonds is 1. The molecule has 1 saturated carbocycles. The third-order valence-electron chi connectivity index (χ3n) is 7.03. The van der Waals surface area contributed by atoms with E-state index in [0.29, 0.717) is 6.42 Å². The van der Waals surface area contributed by atoms with Crippen LogP contribution >= 0.6 is 0 Å². The molecule has 0 amide bonds. The quantitative estimate of drug-likeness (QED) is 0.727. The third-order valence-corrected chi connectivity index (χ3v) is 7.03. The molecule has 0 aromatic heterocycles. The second kappa shape index (κ2) is 4.80. The number of aliphatic hydroxyl groups is 1. The lowest BCUT2D eigenvalue weighted by atomic mass is 9.47. The van der Waals surface area contributed by atoms with E-state index in [-0.39, 0.29) is 22.5 Å². The van der Waals surface area contributed by atoms with Crippen LogP contribution in [-0.4, -0.2) is 17.0 Å². The maximum atomic E-state index is 13.0. The molecule has 122 valence electrons. The maximum Gasteiger partial charge on any atom is 0.168 e. The minimum atomic E-state index is -0.439. The number of aliphatic hydroxyl groups excluding tert-OH is 1. The van der Waals surface area contributed by atoms with Crippen LogP contribution in [0.15, 0.2) is 23.8 Å². The summed E-state index contributed by atoms with van der Waals surface area (Å²) in [5.41, 5.74) is 1.99. The van der Waals surface area contributed by atoms with Crippen LogP contribution in [0.25, 0.3) is 0 Å². The van der Waals surface area contributed by atoms with Gasteiger partial charge in [-0.25, -0.2) is 0 Å². The fourth-order valence-corrected chi connectivity index (χ4v) is 5.87. The predicted molar refractivity (Wildman–Crippen MR) is 89.4 cm³/mol. The van der Waals surface area contributed by atoms with E-state index < -0.39 is 11.5 Å². The number of hydrogen-bond acceptors (Lipinski definition) is 2. The van der Waals surface area contributed by atoms with Crippen molar-refractivity contribution < 1.29 is 9.90 Å². The number of fused-ring (bicyclic) bond motifs is 2. The van der Waals surface area contributed by atoms with Crippen molar-refractivity contribution in [2.24, 2.45) is 22.2 Å². The minimum absolute atomic E-state index is 0.00703. The Morgan fingerprint density at radius 1 is 1.18 bits per heavy atom. The molecule has 0 radical (unpaired) electrons. The number of carbonyl (C=O) groups excluding carboxylic acids is 1. The van der Waals surface area contributed by atoms with Gasteiger partial charge in [-0.05, 0) is 54.9 Å². The summed E-state index contributed by atoms with van der Waals surface area (Å²) in [6, 6.07) is 0. The molecule has 0 aromatic carbocycles. The molecule has 3 aliphatic rings. The number of Topliss-reactive ketones (excluding diaryl/α,β-unsaturated/α-hetero) is 1. The molecule has 0 spiro atoms. The first-order valence-electron chi connectivity index (χ1n) is 8.75. The van der Waals surface area contributed by atoms with E-state index in [1.165, 1.54) is 18.4 Å². The van der Waals surface area contributed by atoms with Crippen LogP contribution in [0.2, 0.25) is 0 Å². The first-order chi connectivity index (χ1) is 10.2. The van der Waals surface area contributed by atoms with Crippen LogP contribution < -0.4 is 0 Å². The fourth-order valence-electron chi connectivity index (χ4n) is 5.87. The van der Waals surface area contributed by atoms with E-state index in [0.717, 1.165) is 24.8 Å². The van der Waals surface area contributed by atoms with Gasteiger partial charge in [0.25, 0.3) is 0 Å². The summed E-state index contributed by atoms with van der Waals surface area (Å²) < 4.78 is 0. The molecular weight excluding hydrogens is 272 g/mol. The molecule has 4 atom stereocenters. The molecule has 2 nitrogen and oxygen atoms in total. The molecule has 0 unspecified atom stereocenters. The van der Waals surface area contributed by atoms with Crippen molar-refractivity contribution in [1.82, 2.24) is 0 Å². The van der Waals surface area contributed by atoms with Gasteiger partial charge in [0.1, 0.15) is 0 Å². The number of hydrogen-bond donors (Lipinski definition) is 1. The molecule has 2 heteroatoms. The Kier molecular flexibility index (Phi) is 3.49. The summed E-state index contributed by atoms with van der Waals surface area (Å²) in [5.74, 6) is 0.485. The standard InChI is InChI=1S/C20H30O2/c1-6-19(4)11-8-14-13(17(19)22)12-15(21)16-18(2,3)9-7-10-20(14,16)5/h6,15-16,21H,1,7-12H2,2-5H3/t15-,16+,19+,20-/m1/s1. The lowest BCUT2D eigenvalue weighted by Crippen LogP contribution is -2.54. The number of allylic oxidation sites excluding steroid dienone is 2. The summed E-state index contributed by atoms with van der Waals surface area (Å²) >= 11 is 0. The van der Waals surface area contributed by atoms with Gasteiger partial charge in [0, 0.05) is 11.8 Å². The molecule has 3 aliphatic carbocycles. The molecule has 0 saturated heterocycles. The Balaban J connectivity index is 2.12. The zero-order valence-corrected chi connectivity index (χ0v) is 14.5. The van der Waals surface area contributed by atoms with Crippen LogP contribution in [0, 0.1) is 22.2 Å². The minimum Gasteiger partial charge on any atom is -0.392 e. The highest BCUT2D eigenvalue weighted by molar-refractivity contribution is 6.02. The molecule has 1 fully saturated rings. The van der Waals surface area contributed by atoms with E-state index >= 15 is 0 Å². The van der Waals surface area contributed by atoms with Crippen LogP contribution in [0.3, 0.4) is 0 Å². The van der Waals surface area contributed by atoms with Crippen molar-refractivity contribution in [3.8, 4) is 0 Å². The highest BCUT2D eigenvalue weighted by atomic mass is 16.3. The second-order valence-electron chi connectivity index (χ2n) is 8.92. The van der Waals surface area contributed by atoms with Crippen LogP contribution in [0.1, 0.15) is 66.2 Å². The highest BCUT2D eigenvalue weighted by Gasteiger charge is 2.56. The molecule has 22 heavy (non-hydrogen) atoms. The molecule has 0 aromatic rings. The van der Waals surface area contributed by atoms with Gasteiger partial charge in [-0.1, -0.05) is 38.8 Å². The average molecular weight is 302 g/mol. The molecule has 0 heterocycles. The van der Waals surface area contributed by atoms with Crippen molar-refractivity contribution in [3.05, 3.63) is 23.8 Å². The molecule has 0 bridgehead atoms. The van der Waals surface area contributed by atoms with Gasteiger partial charge >= 0.3 is 0 Å². The van der Waals surface area contributed by atoms with E-state index in [1.54, 1.807) is 0 Å². The first-order valence-corrected chi connectivity index (χ1v) is 8.75. The molecule has 0 aliphatic heterocycles. The summed E-state index contributed by atoms with van der Waals surface area (Å²) in [6.45, 7) is 12.8. The van der Waals surface area contributed by atoms with Gasteiger partial charge in [-0.2, -0.15) is 0 Å². The van der Waals surface area contributed by atoms with Crippen molar-refractivity contribution in [2.75, 3.05) is 0 Å². The van der Waals surface area contributed by atoms with Gasteiger partial charge in [-0.15, -0.1) is 6.58 Å². The van der Waals surface area contributed by atoms with Gasteiger partial charge < -0.3 is 5.11 Å². The lowest BCUT2D eigenvalue weighted by Gasteiger charge is -2.58. The average Bonchev–Trinajstić information content (AvgIpc) is 2.42. The zero-order chi connectivity index (χ0) is 16.3. The van der Waals surface area contributed by atoms with Crippen molar-refractivity contribution in [3.63, 3.8) is 0 Å². The Morgan fingerprint density at radius 2 is 1.86 bits per heavy atom. The largest absolute Gasteiger partial charge is 0.392 e. The topological polar surface area (TPSA) is 37.3 Å². The number of ketones is 1. The van der Waals surface area contributed by atoms with Gasteiger partial charge in [0.05, 0.1) is 6.10 Å². The van der Waals surface area contributed by atoms with E-state index in [4.69, 9.17) is 0 Å². The van der Waals surface area contributed by atoms with Gasteiger partial charge in [0.2, 0.25) is 0 Å². The Hall–Kier alpha value is -0.890. The first kappa shape index (κ1) is 16.0. The SMILES string of the molecule is C=C[C@@]1(C)CCC2=C(C[C@@H](O)[C@H]3C(C)(C)CCC[C@]23C)C1=O. The smallest absolute Gasteiger partial charge is 0.168 e. The van der Waals surface area contributed by atoms with Crippen LogP contribution in [0.4, 0.5) is 0 Å². The normalized spacial score (nSPS) is 44.3. The summed E-state index contributed by atoms with van der Waals surface area (Å²) in [6.07, 6.45) is 7.28. The number of carbonyl (C=O) groups is 1.